The van der Waals surface area contributed by atoms with Crippen LogP contribution in [-0.4, -0.2) is 33.3 Å². The zero-order valence-corrected chi connectivity index (χ0v) is 17.3. The lowest BCUT2D eigenvalue weighted by Crippen LogP contribution is -2.25. The molecule has 8 heteroatoms. The van der Waals surface area contributed by atoms with Gasteiger partial charge in [-0.2, -0.15) is 8.78 Å². The average molecular weight is 421 g/mol. The molecular weight excluding hydrogens is 396 g/mol. The molecule has 6 nitrogen and oxygen atoms in total. The van der Waals surface area contributed by atoms with E-state index in [1.165, 1.54) is 18.2 Å². The Balaban J connectivity index is 2.11. The third kappa shape index (κ3) is 6.37. The van der Waals surface area contributed by atoms with Gasteiger partial charge in [0.15, 0.2) is 11.5 Å². The van der Waals surface area contributed by atoms with Crippen molar-refractivity contribution in [3.8, 4) is 23.0 Å². The van der Waals surface area contributed by atoms with E-state index < -0.39 is 6.61 Å². The van der Waals surface area contributed by atoms with Crippen molar-refractivity contribution in [2.75, 3.05) is 20.8 Å². The number of hydrogen-bond donors (Lipinski definition) is 1. The number of amides is 1. The molecule has 2 aromatic carbocycles. The van der Waals surface area contributed by atoms with E-state index in [1.54, 1.807) is 51.5 Å². The Morgan fingerprint density at radius 1 is 1.07 bits per heavy atom. The largest absolute Gasteiger partial charge is 0.497 e. The Morgan fingerprint density at radius 3 is 2.43 bits per heavy atom. The van der Waals surface area contributed by atoms with E-state index in [-0.39, 0.29) is 30.1 Å². The normalized spacial score (nSPS) is 12.0. The molecule has 0 bridgehead atoms. The quantitative estimate of drug-likeness (QED) is 0.568. The summed E-state index contributed by atoms with van der Waals surface area (Å²) in [7, 11) is 3.11. The summed E-state index contributed by atoms with van der Waals surface area (Å²) in [4.78, 5) is 12.4. The molecule has 0 radical (unpaired) electrons. The first-order chi connectivity index (χ1) is 14.4. The maximum atomic E-state index is 12.5. The first kappa shape index (κ1) is 23.0. The molecule has 0 fully saturated rings. The number of benzene rings is 2. The second-order valence-electron chi connectivity index (χ2n) is 6.19. The molecule has 0 aromatic heterocycles. The van der Waals surface area contributed by atoms with Crippen molar-refractivity contribution in [1.82, 2.24) is 5.32 Å². The van der Waals surface area contributed by atoms with Gasteiger partial charge in [-0.1, -0.05) is 6.07 Å². The molecule has 2 rings (SSSR count). The highest BCUT2D eigenvalue weighted by Crippen LogP contribution is 2.31. The van der Waals surface area contributed by atoms with E-state index in [9.17, 15) is 13.6 Å². The molecule has 30 heavy (non-hydrogen) atoms. The monoisotopic (exact) mass is 421 g/mol. The number of hydrogen-bond acceptors (Lipinski definition) is 5. The van der Waals surface area contributed by atoms with Crippen LogP contribution in [0.2, 0.25) is 0 Å². The van der Waals surface area contributed by atoms with Crippen molar-refractivity contribution >= 4 is 12.0 Å². The maximum absolute atomic E-state index is 12.5. The lowest BCUT2D eigenvalue weighted by Gasteiger charge is -2.17. The van der Waals surface area contributed by atoms with Crippen LogP contribution in [0.3, 0.4) is 0 Å². The van der Waals surface area contributed by atoms with Gasteiger partial charge in [-0.25, -0.2) is 0 Å². The summed E-state index contributed by atoms with van der Waals surface area (Å²) in [5.74, 6) is 1.06. The number of carbonyl (C=O) groups is 1. The van der Waals surface area contributed by atoms with E-state index in [1.807, 2.05) is 6.92 Å². The fourth-order valence-electron chi connectivity index (χ4n) is 2.78. The number of carbonyl (C=O) groups excluding carboxylic acids is 1. The highest BCUT2D eigenvalue weighted by molar-refractivity contribution is 5.92. The third-order valence-electron chi connectivity index (χ3n) is 4.17. The predicted molar refractivity (Wildman–Crippen MR) is 109 cm³/mol. The number of rotatable bonds is 10. The number of alkyl halides is 2. The van der Waals surface area contributed by atoms with Crippen molar-refractivity contribution in [3.63, 3.8) is 0 Å². The summed E-state index contributed by atoms with van der Waals surface area (Å²) in [5.41, 5.74) is 1.37. The summed E-state index contributed by atoms with van der Waals surface area (Å²) >= 11 is 0. The van der Waals surface area contributed by atoms with Gasteiger partial charge in [0.1, 0.15) is 11.5 Å². The van der Waals surface area contributed by atoms with Crippen LogP contribution < -0.4 is 24.3 Å². The zero-order chi connectivity index (χ0) is 22.1. The molecule has 0 saturated heterocycles. The van der Waals surface area contributed by atoms with Crippen molar-refractivity contribution < 1.29 is 32.5 Å². The maximum Gasteiger partial charge on any atom is 0.387 e. The van der Waals surface area contributed by atoms with Crippen molar-refractivity contribution in [1.29, 1.82) is 0 Å². The van der Waals surface area contributed by atoms with Gasteiger partial charge in [-0.05, 0) is 55.8 Å². The van der Waals surface area contributed by atoms with Gasteiger partial charge in [0.05, 0.1) is 26.9 Å². The summed E-state index contributed by atoms with van der Waals surface area (Å²) in [5, 5.41) is 2.85. The second kappa shape index (κ2) is 11.0. The Kier molecular flexibility index (Phi) is 8.46. The number of methoxy groups -OCH3 is 2. The van der Waals surface area contributed by atoms with Crippen LogP contribution in [0.5, 0.6) is 23.0 Å². The SMILES string of the molecule is CCOc1cc(/C=C/C(=O)N[C@@H](C)c2cc(OC)ccc2OC)ccc1OC(F)F. The molecule has 162 valence electrons. The molecule has 0 unspecified atom stereocenters. The lowest BCUT2D eigenvalue weighted by molar-refractivity contribution is -0.117. The molecule has 0 saturated carbocycles. The molecule has 0 aliphatic carbocycles. The first-order valence-electron chi connectivity index (χ1n) is 9.30. The number of halogens is 2. The first-order valence-corrected chi connectivity index (χ1v) is 9.30. The number of ether oxygens (including phenoxy) is 4. The Labute approximate surface area is 174 Å². The van der Waals surface area contributed by atoms with Gasteiger partial charge < -0.3 is 24.3 Å². The van der Waals surface area contributed by atoms with Crippen LogP contribution in [0.25, 0.3) is 6.08 Å². The van der Waals surface area contributed by atoms with Crippen LogP contribution >= 0.6 is 0 Å². The van der Waals surface area contributed by atoms with Crippen molar-refractivity contribution in [2.24, 2.45) is 0 Å². The van der Waals surface area contributed by atoms with E-state index >= 15 is 0 Å². The third-order valence-corrected chi connectivity index (χ3v) is 4.17. The molecule has 1 atom stereocenters. The second-order valence-corrected chi connectivity index (χ2v) is 6.19. The highest BCUT2D eigenvalue weighted by Gasteiger charge is 2.15. The van der Waals surface area contributed by atoms with E-state index in [0.717, 1.165) is 5.56 Å². The van der Waals surface area contributed by atoms with Gasteiger partial charge in [-0.15, -0.1) is 0 Å². The fourth-order valence-corrected chi connectivity index (χ4v) is 2.78. The minimum atomic E-state index is -2.95. The number of nitrogens with one attached hydrogen (secondary N) is 1. The zero-order valence-electron chi connectivity index (χ0n) is 17.3. The molecule has 0 spiro atoms. The van der Waals surface area contributed by atoms with Crippen LogP contribution in [-0.2, 0) is 4.79 Å². The summed E-state index contributed by atoms with van der Waals surface area (Å²) in [6.07, 6.45) is 2.90. The van der Waals surface area contributed by atoms with Gasteiger partial charge in [0.2, 0.25) is 5.91 Å². The Morgan fingerprint density at radius 2 is 1.80 bits per heavy atom. The van der Waals surface area contributed by atoms with Gasteiger partial charge >= 0.3 is 6.61 Å². The lowest BCUT2D eigenvalue weighted by atomic mass is 10.1. The van der Waals surface area contributed by atoms with Crippen LogP contribution in [0.15, 0.2) is 42.5 Å². The molecule has 1 amide bonds. The summed E-state index contributed by atoms with van der Waals surface area (Å²) < 4.78 is 45.3. The van der Waals surface area contributed by atoms with E-state index in [2.05, 4.69) is 10.1 Å². The molecule has 0 heterocycles. The van der Waals surface area contributed by atoms with Gasteiger partial charge in [0, 0.05) is 11.6 Å². The molecule has 0 aliphatic heterocycles. The predicted octanol–water partition coefficient (Wildman–Crippen LogP) is 4.59. The molecule has 1 N–H and O–H groups in total. The molecular formula is C22H25F2NO5. The summed E-state index contributed by atoms with van der Waals surface area (Å²) in [6.45, 7) is 0.891. The van der Waals surface area contributed by atoms with Crippen LogP contribution in [0.1, 0.15) is 31.0 Å². The molecule has 0 aliphatic rings. The van der Waals surface area contributed by atoms with Crippen molar-refractivity contribution in [3.05, 3.63) is 53.6 Å². The van der Waals surface area contributed by atoms with Crippen LogP contribution in [0, 0.1) is 0 Å². The van der Waals surface area contributed by atoms with Gasteiger partial charge in [0.25, 0.3) is 0 Å². The van der Waals surface area contributed by atoms with E-state index in [0.29, 0.717) is 17.1 Å². The molecule has 2 aromatic rings. The highest BCUT2D eigenvalue weighted by atomic mass is 19.3. The van der Waals surface area contributed by atoms with E-state index in [4.69, 9.17) is 14.2 Å². The summed E-state index contributed by atoms with van der Waals surface area (Å²) in [6, 6.07) is 9.45. The average Bonchev–Trinajstić information content (AvgIpc) is 2.73. The van der Waals surface area contributed by atoms with Crippen LogP contribution in [0.4, 0.5) is 8.78 Å². The topological polar surface area (TPSA) is 66.0 Å². The van der Waals surface area contributed by atoms with Gasteiger partial charge in [-0.3, -0.25) is 4.79 Å². The Hall–Kier alpha value is -3.29. The smallest absolute Gasteiger partial charge is 0.387 e. The van der Waals surface area contributed by atoms with Crippen molar-refractivity contribution in [2.45, 2.75) is 26.5 Å². The minimum absolute atomic E-state index is 0.0628. The standard InChI is InChI=1S/C22H25F2NO5/c1-5-29-20-12-15(6-9-19(20)30-22(23)24)7-11-21(26)25-14(2)17-13-16(27-3)8-10-18(17)28-4/h6-14,22H,5H2,1-4H3,(H,25,26)/b11-7+/t14-/m0/s1. The fraction of sp³-hybridized carbons (Fsp3) is 0.318. The Bertz CT molecular complexity index is 886. The minimum Gasteiger partial charge on any atom is -0.497 e.